The van der Waals surface area contributed by atoms with Gasteiger partial charge in [0, 0.05) is 29.8 Å². The summed E-state index contributed by atoms with van der Waals surface area (Å²) in [6, 6.07) is 3.87. The van der Waals surface area contributed by atoms with Crippen LogP contribution in [0.15, 0.2) is 35.3 Å². The van der Waals surface area contributed by atoms with Crippen LogP contribution in [0.3, 0.4) is 0 Å². The van der Waals surface area contributed by atoms with Gasteiger partial charge in [-0.2, -0.15) is 5.10 Å². The fourth-order valence-electron chi connectivity index (χ4n) is 1.82. The number of aromatic nitrogens is 5. The maximum Gasteiger partial charge on any atom is 0.137 e. The molecule has 0 aliphatic heterocycles. The number of rotatable bonds is 4. The van der Waals surface area contributed by atoms with Crippen LogP contribution in [-0.2, 0) is 6.42 Å². The minimum absolute atomic E-state index is 0.756. The summed E-state index contributed by atoms with van der Waals surface area (Å²) in [4.78, 5) is 12.8. The molecule has 3 heterocycles. The molecule has 3 aromatic heterocycles. The number of nitrogens with zero attached hydrogens (tertiary/aromatic N) is 4. The van der Waals surface area contributed by atoms with Crippen LogP contribution in [0.25, 0.3) is 11.0 Å². The molecule has 0 radical (unpaired) electrons. The van der Waals surface area contributed by atoms with Gasteiger partial charge in [0.1, 0.15) is 17.7 Å². The lowest BCUT2D eigenvalue weighted by atomic mass is 10.2. The predicted molar refractivity (Wildman–Crippen MR) is 75.8 cm³/mol. The Bertz CT molecular complexity index is 682. The summed E-state index contributed by atoms with van der Waals surface area (Å²) in [6.07, 6.45) is 5.83. The molecule has 7 heteroatoms. The molecule has 6 nitrogen and oxygen atoms in total. The number of nitrogens with one attached hydrogen (secondary N) is 2. The first-order valence-corrected chi connectivity index (χ1v) is 6.60. The lowest BCUT2D eigenvalue weighted by Gasteiger charge is -2.07. The first-order valence-electron chi connectivity index (χ1n) is 5.81. The van der Waals surface area contributed by atoms with Crippen LogP contribution in [0.1, 0.15) is 5.82 Å². The highest BCUT2D eigenvalue weighted by molar-refractivity contribution is 9.10. The largest absolute Gasteiger partial charge is 0.383 e. The summed E-state index contributed by atoms with van der Waals surface area (Å²) in [5.41, 5.74) is 2.69. The molecule has 0 fully saturated rings. The molecule has 0 bridgehead atoms. The number of fused-ring (bicyclic) bond motifs is 1. The van der Waals surface area contributed by atoms with Crippen molar-refractivity contribution in [3.63, 3.8) is 0 Å². The molecule has 0 amide bonds. The molecule has 0 unspecified atom stereocenters. The Morgan fingerprint density at radius 1 is 1.26 bits per heavy atom. The lowest BCUT2D eigenvalue weighted by molar-refractivity contribution is 0.901. The minimum Gasteiger partial charge on any atom is -0.383 e. The third-order valence-corrected chi connectivity index (χ3v) is 3.12. The van der Waals surface area contributed by atoms with Gasteiger partial charge in [-0.25, -0.2) is 4.98 Å². The molecule has 0 atom stereocenters. The Hall–Kier alpha value is -2.02. The van der Waals surface area contributed by atoms with Crippen molar-refractivity contribution >= 4 is 32.7 Å². The van der Waals surface area contributed by atoms with Gasteiger partial charge in [0.15, 0.2) is 0 Å². The molecule has 0 aromatic carbocycles. The topological polar surface area (TPSA) is 79.4 Å². The molecule has 19 heavy (non-hydrogen) atoms. The number of anilines is 1. The van der Waals surface area contributed by atoms with Gasteiger partial charge in [-0.3, -0.25) is 15.1 Å². The van der Waals surface area contributed by atoms with Crippen molar-refractivity contribution in [2.45, 2.75) is 6.42 Å². The number of H-pyrrole nitrogens is 1. The van der Waals surface area contributed by atoms with E-state index in [1.807, 2.05) is 12.1 Å². The molecular formula is C12H11BrN6. The van der Waals surface area contributed by atoms with Gasteiger partial charge in [0.05, 0.1) is 11.2 Å². The second kappa shape index (κ2) is 5.31. The van der Waals surface area contributed by atoms with E-state index >= 15 is 0 Å². The van der Waals surface area contributed by atoms with Gasteiger partial charge in [0.25, 0.3) is 0 Å². The monoisotopic (exact) mass is 318 g/mol. The number of hydrogen-bond acceptors (Lipinski definition) is 5. The molecule has 0 saturated carbocycles. The number of pyridine rings is 2. The Morgan fingerprint density at radius 2 is 2.21 bits per heavy atom. The number of aromatic amines is 1. The summed E-state index contributed by atoms with van der Waals surface area (Å²) in [5, 5.41) is 9.99. The van der Waals surface area contributed by atoms with Gasteiger partial charge >= 0.3 is 0 Å². The average Bonchev–Trinajstić information content (AvgIpc) is 2.92. The first kappa shape index (κ1) is 12.0. The van der Waals surface area contributed by atoms with Crippen LogP contribution in [0.2, 0.25) is 0 Å². The fraction of sp³-hybridized carbons (Fsp3) is 0.167. The van der Waals surface area contributed by atoms with Crippen molar-refractivity contribution in [3.05, 3.63) is 41.2 Å². The number of halogens is 1. The normalized spacial score (nSPS) is 10.8. The smallest absolute Gasteiger partial charge is 0.137 e. The SMILES string of the molecule is Brc1cnc2c(NCCc3ncn[nH]3)ccnc2c1. The highest BCUT2D eigenvalue weighted by Crippen LogP contribution is 2.21. The summed E-state index contributed by atoms with van der Waals surface area (Å²) in [7, 11) is 0. The van der Waals surface area contributed by atoms with Crippen molar-refractivity contribution in [1.29, 1.82) is 0 Å². The van der Waals surface area contributed by atoms with Crippen molar-refractivity contribution in [3.8, 4) is 0 Å². The quantitative estimate of drug-likeness (QED) is 0.770. The lowest BCUT2D eigenvalue weighted by Crippen LogP contribution is -2.07. The average molecular weight is 319 g/mol. The van der Waals surface area contributed by atoms with E-state index in [1.54, 1.807) is 12.4 Å². The van der Waals surface area contributed by atoms with E-state index in [4.69, 9.17) is 0 Å². The highest BCUT2D eigenvalue weighted by atomic mass is 79.9. The van der Waals surface area contributed by atoms with E-state index in [0.717, 1.165) is 40.0 Å². The molecular weight excluding hydrogens is 308 g/mol. The highest BCUT2D eigenvalue weighted by Gasteiger charge is 2.04. The van der Waals surface area contributed by atoms with Crippen LogP contribution in [-0.4, -0.2) is 31.7 Å². The standard InChI is InChI=1S/C12H11BrN6/c13-8-5-10-12(16-6-8)9(1-3-15-10)14-4-2-11-17-7-18-19-11/h1,3,5-7H,2,4H2,(H,14,15)(H,17,18,19). The Labute approximate surface area is 117 Å². The Morgan fingerprint density at radius 3 is 3.05 bits per heavy atom. The molecule has 0 aliphatic carbocycles. The molecule has 0 aliphatic rings. The third-order valence-electron chi connectivity index (χ3n) is 2.69. The van der Waals surface area contributed by atoms with Crippen LogP contribution in [0, 0.1) is 0 Å². The second-order valence-corrected chi connectivity index (χ2v) is 4.90. The Balaban J connectivity index is 1.77. The zero-order valence-corrected chi connectivity index (χ0v) is 11.6. The van der Waals surface area contributed by atoms with Crippen LogP contribution < -0.4 is 5.32 Å². The van der Waals surface area contributed by atoms with Gasteiger partial charge in [-0.1, -0.05) is 0 Å². The predicted octanol–water partition coefficient (Wildman–Crippen LogP) is 2.16. The zero-order valence-electron chi connectivity index (χ0n) is 9.97. The van der Waals surface area contributed by atoms with Gasteiger partial charge in [-0.15, -0.1) is 0 Å². The summed E-state index contributed by atoms with van der Waals surface area (Å²) < 4.78 is 0.923. The molecule has 0 saturated heterocycles. The minimum atomic E-state index is 0.756. The van der Waals surface area contributed by atoms with Crippen LogP contribution in [0.5, 0.6) is 0 Å². The van der Waals surface area contributed by atoms with Crippen LogP contribution >= 0.6 is 15.9 Å². The van der Waals surface area contributed by atoms with Crippen molar-refractivity contribution in [2.75, 3.05) is 11.9 Å². The molecule has 2 N–H and O–H groups in total. The Kier molecular flexibility index (Phi) is 3.37. The van der Waals surface area contributed by atoms with Gasteiger partial charge < -0.3 is 5.32 Å². The number of hydrogen-bond donors (Lipinski definition) is 2. The maximum absolute atomic E-state index is 4.39. The van der Waals surface area contributed by atoms with E-state index in [0.29, 0.717) is 0 Å². The van der Waals surface area contributed by atoms with E-state index in [1.165, 1.54) is 6.33 Å². The fourth-order valence-corrected chi connectivity index (χ4v) is 2.13. The van der Waals surface area contributed by atoms with Crippen molar-refractivity contribution in [1.82, 2.24) is 25.1 Å². The van der Waals surface area contributed by atoms with Gasteiger partial charge in [0.2, 0.25) is 0 Å². The van der Waals surface area contributed by atoms with E-state index < -0.39 is 0 Å². The summed E-state index contributed by atoms with van der Waals surface area (Å²) >= 11 is 3.39. The molecule has 0 spiro atoms. The van der Waals surface area contributed by atoms with Crippen molar-refractivity contribution < 1.29 is 0 Å². The first-order chi connectivity index (χ1) is 9.33. The van der Waals surface area contributed by atoms with Crippen LogP contribution in [0.4, 0.5) is 5.69 Å². The van der Waals surface area contributed by atoms with E-state index in [-0.39, 0.29) is 0 Å². The molecule has 3 aromatic rings. The van der Waals surface area contributed by atoms with E-state index in [2.05, 4.69) is 46.4 Å². The third kappa shape index (κ3) is 2.70. The molecule has 96 valence electrons. The molecule has 3 rings (SSSR count). The second-order valence-electron chi connectivity index (χ2n) is 3.99. The summed E-state index contributed by atoms with van der Waals surface area (Å²) in [6.45, 7) is 0.756. The van der Waals surface area contributed by atoms with E-state index in [9.17, 15) is 0 Å². The van der Waals surface area contributed by atoms with Gasteiger partial charge in [-0.05, 0) is 28.1 Å². The maximum atomic E-state index is 4.39. The zero-order chi connectivity index (χ0) is 13.1. The van der Waals surface area contributed by atoms with Crippen molar-refractivity contribution in [2.24, 2.45) is 0 Å². The summed E-state index contributed by atoms with van der Waals surface area (Å²) in [5.74, 6) is 0.863.